The van der Waals surface area contributed by atoms with E-state index in [0.717, 1.165) is 24.4 Å². The van der Waals surface area contributed by atoms with Crippen molar-refractivity contribution < 1.29 is 19.1 Å². The van der Waals surface area contributed by atoms with E-state index in [4.69, 9.17) is 14.5 Å². The number of ketones is 1. The molecule has 5 rings (SSSR count). The first-order valence-corrected chi connectivity index (χ1v) is 11.7. The van der Waals surface area contributed by atoms with Crippen molar-refractivity contribution in [1.82, 2.24) is 9.88 Å². The number of anilines is 1. The van der Waals surface area contributed by atoms with E-state index in [9.17, 15) is 9.59 Å². The monoisotopic (exact) mass is 469 g/mol. The van der Waals surface area contributed by atoms with Gasteiger partial charge in [-0.2, -0.15) is 4.98 Å². The predicted octanol–water partition coefficient (Wildman–Crippen LogP) is 5.23. The van der Waals surface area contributed by atoms with Gasteiger partial charge >= 0.3 is 0 Å². The molecule has 0 radical (unpaired) electrons. The number of aromatic nitrogens is 1. The fourth-order valence-electron chi connectivity index (χ4n) is 4.82. The lowest BCUT2D eigenvalue weighted by Crippen LogP contribution is -2.55. The third-order valence-electron chi connectivity index (χ3n) is 6.48. The molecule has 0 saturated carbocycles. The summed E-state index contributed by atoms with van der Waals surface area (Å²) in [5.41, 5.74) is 0.418. The molecular formula is C28H27N3O4. The molecule has 7 nitrogen and oxygen atoms in total. The molecule has 0 N–H and O–H groups in total. The van der Waals surface area contributed by atoms with Crippen LogP contribution in [0.2, 0.25) is 0 Å². The van der Waals surface area contributed by atoms with E-state index in [1.165, 1.54) is 13.0 Å². The van der Waals surface area contributed by atoms with Crippen LogP contribution in [0.15, 0.2) is 79.4 Å². The second-order valence-corrected chi connectivity index (χ2v) is 8.81. The van der Waals surface area contributed by atoms with Crippen molar-refractivity contribution in [2.45, 2.75) is 31.8 Å². The highest BCUT2D eigenvalue weighted by atomic mass is 16.5. The molecule has 3 aromatic rings. The Labute approximate surface area is 204 Å². The first-order valence-electron chi connectivity index (χ1n) is 11.7. The molecule has 3 heterocycles. The number of nitrogens with zero attached hydrogens (tertiary/aromatic N) is 3. The molecule has 2 unspecified atom stereocenters. The summed E-state index contributed by atoms with van der Waals surface area (Å²) in [4.78, 5) is 33.4. The molecule has 0 spiro atoms. The van der Waals surface area contributed by atoms with E-state index in [1.54, 1.807) is 18.2 Å². The molecule has 2 aliphatic rings. The first-order chi connectivity index (χ1) is 17.0. The Morgan fingerprint density at radius 1 is 0.886 bits per heavy atom. The van der Waals surface area contributed by atoms with Crippen LogP contribution >= 0.6 is 0 Å². The molecule has 2 atom stereocenters. The Balaban J connectivity index is 1.34. The molecule has 2 aliphatic heterocycles. The van der Waals surface area contributed by atoms with Crippen molar-refractivity contribution >= 4 is 17.5 Å². The standard InChI is InChI=1S/C28H27N3O4/c1-3-27(33)31-20-9-10-21(31)18-30(17-20)26-16-15-25(19(2)32)28(29-26)35-24-13-11-23(12-14-24)34-22-7-5-4-6-8-22/h3-8,11-16,20-21H,1,9-10,17-18H2,2H3. The summed E-state index contributed by atoms with van der Waals surface area (Å²) in [5, 5.41) is 0. The van der Waals surface area contributed by atoms with Gasteiger partial charge in [-0.25, -0.2) is 0 Å². The molecular weight excluding hydrogens is 442 g/mol. The average molecular weight is 470 g/mol. The topological polar surface area (TPSA) is 72.0 Å². The lowest BCUT2D eigenvalue weighted by atomic mass is 10.1. The van der Waals surface area contributed by atoms with Gasteiger partial charge in [0.1, 0.15) is 23.1 Å². The highest BCUT2D eigenvalue weighted by Gasteiger charge is 2.42. The van der Waals surface area contributed by atoms with Crippen LogP contribution in [0.25, 0.3) is 0 Å². The predicted molar refractivity (Wildman–Crippen MR) is 133 cm³/mol. The molecule has 2 bridgehead atoms. The number of carbonyl (C=O) groups excluding carboxylic acids is 2. The van der Waals surface area contributed by atoms with Crippen LogP contribution in [-0.2, 0) is 4.79 Å². The normalized spacial score (nSPS) is 18.8. The highest BCUT2D eigenvalue weighted by molar-refractivity contribution is 5.96. The second-order valence-electron chi connectivity index (χ2n) is 8.81. The Hall–Kier alpha value is -4.13. The van der Waals surface area contributed by atoms with Crippen molar-refractivity contribution in [2.75, 3.05) is 18.0 Å². The van der Waals surface area contributed by atoms with Crippen LogP contribution in [0.4, 0.5) is 5.82 Å². The Kier molecular flexibility index (Phi) is 6.23. The summed E-state index contributed by atoms with van der Waals surface area (Å²) in [6, 6.07) is 20.6. The smallest absolute Gasteiger partial charge is 0.246 e. The molecule has 1 amide bonds. The number of piperazine rings is 1. The fourth-order valence-corrected chi connectivity index (χ4v) is 4.82. The molecule has 0 aliphatic carbocycles. The minimum absolute atomic E-state index is 0.0132. The van der Waals surface area contributed by atoms with Gasteiger partial charge in [-0.3, -0.25) is 9.59 Å². The van der Waals surface area contributed by atoms with Gasteiger partial charge in [0.15, 0.2) is 5.78 Å². The SMILES string of the molecule is C=CC(=O)N1C2CCC1CN(c1ccc(C(C)=O)c(Oc3ccc(Oc4ccccc4)cc3)n1)C2. The van der Waals surface area contributed by atoms with Gasteiger partial charge in [-0.15, -0.1) is 0 Å². The number of rotatable bonds is 7. The van der Waals surface area contributed by atoms with E-state index in [2.05, 4.69) is 11.5 Å². The minimum Gasteiger partial charge on any atom is -0.457 e. The fraction of sp³-hybridized carbons (Fsp3) is 0.250. The summed E-state index contributed by atoms with van der Waals surface area (Å²) in [6.45, 7) is 6.52. The summed E-state index contributed by atoms with van der Waals surface area (Å²) >= 11 is 0. The zero-order chi connectivity index (χ0) is 24.4. The number of hydrogen-bond donors (Lipinski definition) is 0. The van der Waals surface area contributed by atoms with Crippen LogP contribution in [0.1, 0.15) is 30.1 Å². The van der Waals surface area contributed by atoms with E-state index in [1.807, 2.05) is 53.4 Å². The van der Waals surface area contributed by atoms with E-state index in [-0.39, 0.29) is 29.7 Å². The van der Waals surface area contributed by atoms with Crippen LogP contribution < -0.4 is 14.4 Å². The average Bonchev–Trinajstić information content (AvgIpc) is 3.14. The van der Waals surface area contributed by atoms with Gasteiger partial charge in [0.25, 0.3) is 0 Å². The third kappa shape index (κ3) is 4.75. The lowest BCUT2D eigenvalue weighted by Gasteiger charge is -2.41. The molecule has 178 valence electrons. The molecule has 2 aromatic carbocycles. The number of benzene rings is 2. The molecule has 2 fully saturated rings. The van der Waals surface area contributed by atoms with Crippen molar-refractivity contribution in [3.8, 4) is 23.1 Å². The van der Waals surface area contributed by atoms with Gasteiger partial charge in [0.2, 0.25) is 11.8 Å². The number of ether oxygens (including phenoxy) is 2. The number of carbonyl (C=O) groups is 2. The molecule has 35 heavy (non-hydrogen) atoms. The summed E-state index contributed by atoms with van der Waals surface area (Å²) < 4.78 is 11.9. The van der Waals surface area contributed by atoms with Gasteiger partial charge in [-0.1, -0.05) is 24.8 Å². The van der Waals surface area contributed by atoms with Crippen LogP contribution in [0.3, 0.4) is 0 Å². The first kappa shape index (κ1) is 22.7. The number of fused-ring (bicyclic) bond motifs is 2. The molecule has 1 aromatic heterocycles. The molecule has 2 saturated heterocycles. The van der Waals surface area contributed by atoms with Gasteiger partial charge in [0.05, 0.1) is 5.56 Å². The Morgan fingerprint density at radius 2 is 1.49 bits per heavy atom. The van der Waals surface area contributed by atoms with E-state index in [0.29, 0.717) is 30.2 Å². The maximum absolute atomic E-state index is 12.3. The quantitative estimate of drug-likeness (QED) is 0.348. The van der Waals surface area contributed by atoms with Gasteiger partial charge in [0, 0.05) is 25.2 Å². The maximum atomic E-state index is 12.3. The highest BCUT2D eigenvalue weighted by Crippen LogP contribution is 2.34. The van der Waals surface area contributed by atoms with Crippen LogP contribution in [0.5, 0.6) is 23.1 Å². The summed E-state index contributed by atoms with van der Waals surface area (Å²) in [6.07, 6.45) is 3.32. The van der Waals surface area contributed by atoms with Crippen molar-refractivity contribution in [3.63, 3.8) is 0 Å². The third-order valence-corrected chi connectivity index (χ3v) is 6.48. The zero-order valence-corrected chi connectivity index (χ0v) is 19.6. The zero-order valence-electron chi connectivity index (χ0n) is 19.6. The van der Waals surface area contributed by atoms with Gasteiger partial charge in [-0.05, 0) is 74.4 Å². The van der Waals surface area contributed by atoms with Gasteiger partial charge < -0.3 is 19.3 Å². The summed E-state index contributed by atoms with van der Waals surface area (Å²) in [5.74, 6) is 2.85. The number of amides is 1. The Morgan fingerprint density at radius 3 is 2.09 bits per heavy atom. The van der Waals surface area contributed by atoms with Crippen molar-refractivity contribution in [1.29, 1.82) is 0 Å². The van der Waals surface area contributed by atoms with Crippen LogP contribution in [0, 0.1) is 0 Å². The number of para-hydroxylation sites is 1. The Bertz CT molecular complexity index is 1230. The minimum atomic E-state index is -0.121. The largest absolute Gasteiger partial charge is 0.457 e. The van der Waals surface area contributed by atoms with E-state index < -0.39 is 0 Å². The van der Waals surface area contributed by atoms with Crippen molar-refractivity contribution in [3.05, 3.63) is 84.9 Å². The van der Waals surface area contributed by atoms with Crippen molar-refractivity contribution in [2.24, 2.45) is 0 Å². The summed E-state index contributed by atoms with van der Waals surface area (Å²) in [7, 11) is 0. The maximum Gasteiger partial charge on any atom is 0.246 e. The van der Waals surface area contributed by atoms with Crippen LogP contribution in [-0.4, -0.2) is 46.7 Å². The second kappa shape index (κ2) is 9.62. The number of hydrogen-bond acceptors (Lipinski definition) is 6. The number of Topliss-reactive ketones (excluding diaryl/α,β-unsaturated/α-hetero) is 1. The number of pyridine rings is 1. The lowest BCUT2D eigenvalue weighted by molar-refractivity contribution is -0.129. The molecule has 7 heteroatoms. The van der Waals surface area contributed by atoms with E-state index >= 15 is 0 Å².